The summed E-state index contributed by atoms with van der Waals surface area (Å²) in [6.07, 6.45) is 5.65. The molecule has 70 valence electrons. The Morgan fingerprint density at radius 3 is 2.85 bits per heavy atom. The molecule has 0 aromatic carbocycles. The number of aromatic nitrogens is 1. The lowest BCUT2D eigenvalue weighted by molar-refractivity contribution is 0.0867. The Morgan fingerprint density at radius 1 is 1.46 bits per heavy atom. The van der Waals surface area contributed by atoms with Crippen LogP contribution in [0.5, 0.6) is 0 Å². The van der Waals surface area contributed by atoms with Crippen molar-refractivity contribution >= 4 is 11.3 Å². The minimum atomic E-state index is 0.571. The fourth-order valence-corrected chi connectivity index (χ4v) is 3.40. The molecule has 1 saturated carbocycles. The van der Waals surface area contributed by atoms with E-state index in [1.54, 1.807) is 11.3 Å². The number of hydrogen-bond donors (Lipinski definition) is 1. The summed E-state index contributed by atoms with van der Waals surface area (Å²) in [6, 6.07) is 0.571. The van der Waals surface area contributed by atoms with E-state index in [9.17, 15) is 0 Å². The third kappa shape index (κ3) is 1.07. The van der Waals surface area contributed by atoms with Gasteiger partial charge >= 0.3 is 0 Å². The van der Waals surface area contributed by atoms with Gasteiger partial charge in [0.25, 0.3) is 0 Å². The number of rotatable bonds is 1. The van der Waals surface area contributed by atoms with Gasteiger partial charge in [-0.3, -0.25) is 0 Å². The second kappa shape index (κ2) is 2.79. The van der Waals surface area contributed by atoms with E-state index in [1.165, 1.54) is 37.9 Å². The average molecular weight is 194 g/mol. The Labute approximate surface area is 82.4 Å². The molecule has 3 rings (SSSR count). The van der Waals surface area contributed by atoms with Gasteiger partial charge in [-0.1, -0.05) is 12.8 Å². The van der Waals surface area contributed by atoms with E-state index in [0.717, 1.165) is 0 Å². The van der Waals surface area contributed by atoms with Crippen molar-refractivity contribution in [3.63, 3.8) is 0 Å². The zero-order valence-electron chi connectivity index (χ0n) is 7.62. The lowest BCUT2D eigenvalue weighted by Crippen LogP contribution is -2.54. The molecule has 1 unspecified atom stereocenters. The van der Waals surface area contributed by atoms with Crippen molar-refractivity contribution in [1.29, 1.82) is 0 Å². The molecule has 1 aliphatic carbocycles. The van der Waals surface area contributed by atoms with E-state index in [2.05, 4.69) is 15.7 Å². The predicted molar refractivity (Wildman–Crippen MR) is 53.8 cm³/mol. The van der Waals surface area contributed by atoms with Crippen LogP contribution in [0, 0.1) is 5.41 Å². The molecule has 2 heterocycles. The van der Waals surface area contributed by atoms with Crippen LogP contribution in [0.4, 0.5) is 0 Å². The summed E-state index contributed by atoms with van der Waals surface area (Å²) < 4.78 is 0. The van der Waals surface area contributed by atoms with Crippen LogP contribution in [0.2, 0.25) is 0 Å². The Balaban J connectivity index is 1.86. The molecule has 1 spiro atoms. The molecular weight excluding hydrogens is 180 g/mol. The van der Waals surface area contributed by atoms with Gasteiger partial charge in [0.1, 0.15) is 0 Å². The second-order valence-electron chi connectivity index (χ2n) is 4.30. The third-order valence-electron chi connectivity index (χ3n) is 3.62. The summed E-state index contributed by atoms with van der Waals surface area (Å²) in [7, 11) is 0. The molecule has 1 saturated heterocycles. The highest BCUT2D eigenvalue weighted by Crippen LogP contribution is 2.52. The van der Waals surface area contributed by atoms with Crippen molar-refractivity contribution in [2.75, 3.05) is 6.54 Å². The van der Waals surface area contributed by atoms with E-state index in [1.807, 2.05) is 5.51 Å². The molecule has 0 radical (unpaired) electrons. The summed E-state index contributed by atoms with van der Waals surface area (Å²) >= 11 is 1.71. The molecule has 0 bridgehead atoms. The van der Waals surface area contributed by atoms with Crippen LogP contribution in [-0.4, -0.2) is 11.5 Å². The van der Waals surface area contributed by atoms with E-state index in [-0.39, 0.29) is 0 Å². The van der Waals surface area contributed by atoms with Gasteiger partial charge in [0, 0.05) is 17.3 Å². The minimum Gasteiger partial charge on any atom is -0.307 e. The fourth-order valence-electron chi connectivity index (χ4n) is 2.82. The first-order chi connectivity index (χ1) is 6.41. The number of thiazole rings is 1. The first-order valence-electron chi connectivity index (χ1n) is 5.02. The molecule has 1 aromatic rings. The van der Waals surface area contributed by atoms with Gasteiger partial charge in [-0.05, 0) is 12.8 Å². The molecule has 13 heavy (non-hydrogen) atoms. The van der Waals surface area contributed by atoms with E-state index >= 15 is 0 Å². The third-order valence-corrected chi connectivity index (χ3v) is 4.22. The van der Waals surface area contributed by atoms with Crippen molar-refractivity contribution in [2.45, 2.75) is 31.7 Å². The molecule has 0 amide bonds. The fraction of sp³-hybridized carbons (Fsp3) is 0.700. The maximum Gasteiger partial charge on any atom is 0.0795 e. The average Bonchev–Trinajstić information content (AvgIpc) is 2.72. The Morgan fingerprint density at radius 2 is 2.31 bits per heavy atom. The Hall–Kier alpha value is -0.410. The molecule has 1 aliphatic heterocycles. The SMILES string of the molecule is c1nc(C2NCC23CCCC3)cs1. The van der Waals surface area contributed by atoms with Crippen LogP contribution in [0.25, 0.3) is 0 Å². The summed E-state index contributed by atoms with van der Waals surface area (Å²) in [5.74, 6) is 0. The van der Waals surface area contributed by atoms with Crippen LogP contribution in [0.3, 0.4) is 0 Å². The second-order valence-corrected chi connectivity index (χ2v) is 5.02. The van der Waals surface area contributed by atoms with Crippen molar-refractivity contribution in [3.8, 4) is 0 Å². The topological polar surface area (TPSA) is 24.9 Å². The van der Waals surface area contributed by atoms with Crippen molar-refractivity contribution in [1.82, 2.24) is 10.3 Å². The van der Waals surface area contributed by atoms with Gasteiger partial charge in [0.05, 0.1) is 17.2 Å². The maximum absolute atomic E-state index is 4.41. The number of nitrogens with zero attached hydrogens (tertiary/aromatic N) is 1. The van der Waals surface area contributed by atoms with Crippen molar-refractivity contribution in [2.24, 2.45) is 5.41 Å². The van der Waals surface area contributed by atoms with Gasteiger partial charge in [0.2, 0.25) is 0 Å². The summed E-state index contributed by atoms with van der Waals surface area (Å²) in [5.41, 5.74) is 3.81. The molecule has 1 atom stereocenters. The molecule has 2 fully saturated rings. The largest absolute Gasteiger partial charge is 0.307 e. The number of hydrogen-bond acceptors (Lipinski definition) is 3. The molecule has 3 heteroatoms. The van der Waals surface area contributed by atoms with Crippen LogP contribution in [-0.2, 0) is 0 Å². The van der Waals surface area contributed by atoms with Crippen LogP contribution in [0.1, 0.15) is 37.4 Å². The van der Waals surface area contributed by atoms with E-state index in [0.29, 0.717) is 11.5 Å². The first kappa shape index (κ1) is 7.94. The standard InChI is InChI=1S/C10H14N2S/c1-2-4-10(3-1)6-11-9(10)8-5-13-7-12-8/h5,7,9,11H,1-4,6H2. The lowest BCUT2D eigenvalue weighted by Gasteiger charge is -2.47. The van der Waals surface area contributed by atoms with E-state index in [4.69, 9.17) is 0 Å². The highest BCUT2D eigenvalue weighted by atomic mass is 32.1. The van der Waals surface area contributed by atoms with Crippen LogP contribution < -0.4 is 5.32 Å². The summed E-state index contributed by atoms with van der Waals surface area (Å²) in [5, 5.41) is 5.72. The van der Waals surface area contributed by atoms with E-state index < -0.39 is 0 Å². The van der Waals surface area contributed by atoms with Gasteiger partial charge in [-0.2, -0.15) is 0 Å². The smallest absolute Gasteiger partial charge is 0.0795 e. The summed E-state index contributed by atoms with van der Waals surface area (Å²) in [6.45, 7) is 1.22. The van der Waals surface area contributed by atoms with Gasteiger partial charge < -0.3 is 5.32 Å². The van der Waals surface area contributed by atoms with Crippen molar-refractivity contribution < 1.29 is 0 Å². The predicted octanol–water partition coefficient (Wildman–Crippen LogP) is 2.35. The maximum atomic E-state index is 4.41. The Kier molecular flexibility index (Phi) is 1.70. The summed E-state index contributed by atoms with van der Waals surface area (Å²) in [4.78, 5) is 4.41. The van der Waals surface area contributed by atoms with Crippen molar-refractivity contribution in [3.05, 3.63) is 16.6 Å². The minimum absolute atomic E-state index is 0.571. The van der Waals surface area contributed by atoms with Crippen LogP contribution in [0.15, 0.2) is 10.9 Å². The molecule has 1 aromatic heterocycles. The van der Waals surface area contributed by atoms with Crippen LogP contribution >= 0.6 is 11.3 Å². The van der Waals surface area contributed by atoms with Gasteiger partial charge in [-0.15, -0.1) is 11.3 Å². The first-order valence-corrected chi connectivity index (χ1v) is 5.96. The lowest BCUT2D eigenvalue weighted by atomic mass is 9.71. The monoisotopic (exact) mass is 194 g/mol. The van der Waals surface area contributed by atoms with Gasteiger partial charge in [0.15, 0.2) is 0 Å². The quantitative estimate of drug-likeness (QED) is 0.742. The normalized spacial score (nSPS) is 30.6. The molecule has 1 N–H and O–H groups in total. The van der Waals surface area contributed by atoms with Gasteiger partial charge in [-0.25, -0.2) is 4.98 Å². The highest BCUT2D eigenvalue weighted by molar-refractivity contribution is 7.07. The highest BCUT2D eigenvalue weighted by Gasteiger charge is 2.49. The zero-order chi connectivity index (χ0) is 8.73. The Bertz CT molecular complexity index is 288. The molecular formula is C10H14N2S. The molecule has 2 aliphatic rings. The molecule has 2 nitrogen and oxygen atoms in total. The zero-order valence-corrected chi connectivity index (χ0v) is 8.44. The number of nitrogens with one attached hydrogen (secondary N) is 1.